The van der Waals surface area contributed by atoms with E-state index in [0.29, 0.717) is 6.42 Å². The molecule has 2 aromatic carbocycles. The largest absolute Gasteiger partial charge is 0.508 e. The average Bonchev–Trinajstić information content (AvgIpc) is 3.04. The first-order valence-corrected chi connectivity index (χ1v) is 14.5. The average molecular weight is 508 g/mol. The lowest BCUT2D eigenvalue weighted by Gasteiger charge is -2.50. The van der Waals surface area contributed by atoms with Gasteiger partial charge in [0, 0.05) is 6.07 Å². The summed E-state index contributed by atoms with van der Waals surface area (Å²) in [6.45, 7) is 1.97. The van der Waals surface area contributed by atoms with Crippen molar-refractivity contribution in [2.75, 3.05) is 0 Å². The number of aliphatic hydroxyl groups excluding tert-OH is 1. The van der Waals surface area contributed by atoms with Gasteiger partial charge < -0.3 is 14.4 Å². The molecule has 2 saturated carbocycles. The molecule has 0 bridgehead atoms. The summed E-state index contributed by atoms with van der Waals surface area (Å²) in [4.78, 5) is -0.248. The fourth-order valence-electron chi connectivity index (χ4n) is 6.71. The first kappa shape index (κ1) is 23.6. The molecule has 10 heteroatoms. The van der Waals surface area contributed by atoms with E-state index in [4.69, 9.17) is 9.32 Å². The third-order valence-corrected chi connectivity index (χ3v) is 10.9. The summed E-state index contributed by atoms with van der Waals surface area (Å²) in [5.41, 5.74) is 1.80. The van der Waals surface area contributed by atoms with E-state index in [2.05, 4.69) is 0 Å². The molecule has 5 rings (SSSR count). The van der Waals surface area contributed by atoms with Crippen LogP contribution in [-0.4, -0.2) is 38.4 Å². The Morgan fingerprint density at radius 3 is 2.59 bits per heavy atom. The molecule has 0 radical (unpaired) electrons. The quantitative estimate of drug-likeness (QED) is 0.540. The molecular weight excluding hydrogens is 478 g/mol. The van der Waals surface area contributed by atoms with Crippen LogP contribution >= 0.6 is 0 Å². The van der Waals surface area contributed by atoms with Crippen LogP contribution in [0.15, 0.2) is 47.4 Å². The van der Waals surface area contributed by atoms with Gasteiger partial charge in [0.1, 0.15) is 16.7 Å². The number of aryl methyl sites for hydroxylation is 1. The van der Waals surface area contributed by atoms with E-state index in [1.165, 1.54) is 23.8 Å². The molecule has 0 aliphatic heterocycles. The third-order valence-electron chi connectivity index (χ3n) is 8.38. The highest BCUT2D eigenvalue weighted by molar-refractivity contribution is 7.89. The number of aromatic hydroxyl groups is 1. The van der Waals surface area contributed by atoms with E-state index in [9.17, 15) is 27.0 Å². The normalized spacial score (nSPS) is 33.0. The zero-order valence-electron chi connectivity index (χ0n) is 18.8. The molecule has 34 heavy (non-hydrogen) atoms. The smallest absolute Gasteiger partial charge is 0.314 e. The number of phenolic OH excluding ortho intramolecular Hbond substituents is 1. The second-order valence-electron chi connectivity index (χ2n) is 10.2. The molecule has 3 unspecified atom stereocenters. The SMILES string of the molecule is C[C@]12CCC3c4ccc(O)cc4CCC3C1C[C@@H](S(=O)(=O)Oc1cccc(S(N)(=O)=O)c1)[C@@H]2O. The zero-order valence-corrected chi connectivity index (χ0v) is 20.4. The van der Waals surface area contributed by atoms with Gasteiger partial charge in [0.05, 0.1) is 11.0 Å². The van der Waals surface area contributed by atoms with Gasteiger partial charge in [0.25, 0.3) is 0 Å². The van der Waals surface area contributed by atoms with Gasteiger partial charge in [0.2, 0.25) is 10.0 Å². The highest BCUT2D eigenvalue weighted by Crippen LogP contribution is 2.62. The van der Waals surface area contributed by atoms with E-state index >= 15 is 0 Å². The van der Waals surface area contributed by atoms with Crippen molar-refractivity contribution in [1.29, 1.82) is 0 Å². The van der Waals surface area contributed by atoms with Crippen molar-refractivity contribution in [2.24, 2.45) is 22.4 Å². The Bertz CT molecular complexity index is 1340. The van der Waals surface area contributed by atoms with Crippen LogP contribution < -0.4 is 9.32 Å². The van der Waals surface area contributed by atoms with Gasteiger partial charge in [-0.1, -0.05) is 19.1 Å². The van der Waals surface area contributed by atoms with Crippen LogP contribution in [-0.2, 0) is 26.6 Å². The molecule has 184 valence electrons. The number of primary sulfonamides is 1. The molecule has 2 fully saturated rings. The molecule has 2 aromatic rings. The van der Waals surface area contributed by atoms with E-state index < -0.39 is 36.9 Å². The minimum atomic E-state index is -4.24. The number of aliphatic hydroxyl groups is 1. The summed E-state index contributed by atoms with van der Waals surface area (Å²) in [6, 6.07) is 10.5. The highest BCUT2D eigenvalue weighted by Gasteiger charge is 2.61. The summed E-state index contributed by atoms with van der Waals surface area (Å²) < 4.78 is 55.1. The van der Waals surface area contributed by atoms with Crippen molar-refractivity contribution in [3.05, 3.63) is 53.6 Å². The molecule has 0 aromatic heterocycles. The number of fused-ring (bicyclic) bond motifs is 5. The van der Waals surface area contributed by atoms with Crippen LogP contribution in [0, 0.1) is 17.3 Å². The van der Waals surface area contributed by atoms with Crippen LogP contribution in [0.5, 0.6) is 11.5 Å². The second-order valence-corrected chi connectivity index (χ2v) is 13.5. The number of hydrogen-bond donors (Lipinski definition) is 3. The number of sulfonamides is 1. The van der Waals surface area contributed by atoms with Crippen molar-refractivity contribution in [3.8, 4) is 11.5 Å². The van der Waals surface area contributed by atoms with Crippen LogP contribution in [0.1, 0.15) is 49.7 Å². The number of phenols is 1. The van der Waals surface area contributed by atoms with Crippen molar-refractivity contribution in [1.82, 2.24) is 0 Å². The Hall–Kier alpha value is -2.14. The molecule has 0 saturated heterocycles. The predicted molar refractivity (Wildman–Crippen MR) is 125 cm³/mol. The van der Waals surface area contributed by atoms with E-state index in [-0.39, 0.29) is 40.6 Å². The molecule has 3 aliphatic carbocycles. The van der Waals surface area contributed by atoms with E-state index in [1.807, 2.05) is 19.1 Å². The first-order chi connectivity index (χ1) is 15.9. The van der Waals surface area contributed by atoms with Gasteiger partial charge in [0.15, 0.2) is 0 Å². The van der Waals surface area contributed by atoms with Gasteiger partial charge in [-0.25, -0.2) is 13.6 Å². The number of rotatable bonds is 4. The molecule has 8 nitrogen and oxygen atoms in total. The van der Waals surface area contributed by atoms with Crippen molar-refractivity contribution in [3.63, 3.8) is 0 Å². The lowest BCUT2D eigenvalue weighted by molar-refractivity contribution is -0.0222. The van der Waals surface area contributed by atoms with Crippen LogP contribution in [0.25, 0.3) is 0 Å². The third kappa shape index (κ3) is 3.80. The van der Waals surface area contributed by atoms with E-state index in [1.54, 1.807) is 6.07 Å². The molecule has 4 N–H and O–H groups in total. The Morgan fingerprint density at radius 1 is 1.09 bits per heavy atom. The van der Waals surface area contributed by atoms with Gasteiger partial charge in [-0.05, 0) is 90.7 Å². The summed E-state index contributed by atoms with van der Waals surface area (Å²) >= 11 is 0. The fraction of sp³-hybridized carbons (Fsp3) is 0.500. The Morgan fingerprint density at radius 2 is 1.85 bits per heavy atom. The minimum absolute atomic E-state index is 0.00216. The number of benzene rings is 2. The molecule has 3 aliphatic rings. The molecular formula is C24H29NO7S2. The van der Waals surface area contributed by atoms with E-state index in [0.717, 1.165) is 30.9 Å². The van der Waals surface area contributed by atoms with Crippen LogP contribution in [0.4, 0.5) is 0 Å². The van der Waals surface area contributed by atoms with Gasteiger partial charge in [-0.15, -0.1) is 0 Å². The standard InChI is InChI=1S/C24H29NO7S2/c1-24-10-9-19-18-8-6-15(26)11-14(18)5-7-20(19)21(24)13-22(23(24)27)34(30,31)32-16-3-2-4-17(12-16)33(25,28)29/h2-4,6,8,11-12,19-23,26-27H,5,7,9-10,13H2,1H3,(H2,25,28,29)/t19?,20?,21?,22-,23+,24+/m1/s1. The van der Waals surface area contributed by atoms with Crippen molar-refractivity contribution in [2.45, 2.75) is 61.2 Å². The van der Waals surface area contributed by atoms with Gasteiger partial charge >= 0.3 is 10.1 Å². The lowest BCUT2D eigenvalue weighted by atomic mass is 9.55. The topological polar surface area (TPSA) is 144 Å². The highest BCUT2D eigenvalue weighted by atomic mass is 32.2. The number of nitrogens with two attached hydrogens (primary N) is 1. The fourth-order valence-corrected chi connectivity index (χ4v) is 8.82. The Kier molecular flexibility index (Phi) is 5.51. The molecule has 0 spiro atoms. The maximum absolute atomic E-state index is 13.3. The molecule has 0 amide bonds. The monoisotopic (exact) mass is 507 g/mol. The van der Waals surface area contributed by atoms with Crippen molar-refractivity contribution < 1.29 is 31.2 Å². The Labute approximate surface area is 199 Å². The molecule has 6 atom stereocenters. The first-order valence-electron chi connectivity index (χ1n) is 11.5. The second kappa shape index (κ2) is 7.94. The summed E-state index contributed by atoms with van der Waals surface area (Å²) in [7, 11) is -8.26. The lowest BCUT2D eigenvalue weighted by Crippen LogP contribution is -2.45. The van der Waals surface area contributed by atoms with Gasteiger partial charge in [-0.3, -0.25) is 0 Å². The maximum Gasteiger partial charge on any atom is 0.314 e. The summed E-state index contributed by atoms with van der Waals surface area (Å²) in [5.74, 6) is 0.606. The van der Waals surface area contributed by atoms with Crippen LogP contribution in [0.3, 0.4) is 0 Å². The van der Waals surface area contributed by atoms with Gasteiger partial charge in [-0.2, -0.15) is 8.42 Å². The number of hydrogen-bond acceptors (Lipinski definition) is 7. The minimum Gasteiger partial charge on any atom is -0.508 e. The summed E-state index contributed by atoms with van der Waals surface area (Å²) in [5, 5.41) is 25.2. The van der Waals surface area contributed by atoms with Crippen molar-refractivity contribution >= 4 is 20.1 Å². The zero-order chi connectivity index (χ0) is 24.5. The van der Waals surface area contributed by atoms with Crippen LogP contribution in [0.2, 0.25) is 0 Å². The molecule has 0 heterocycles. The summed E-state index contributed by atoms with van der Waals surface area (Å²) in [6.07, 6.45) is 2.40. The Balaban J connectivity index is 1.42. The predicted octanol–water partition coefficient (Wildman–Crippen LogP) is 2.64. The maximum atomic E-state index is 13.3.